The minimum atomic E-state index is -0.278. The Bertz CT molecular complexity index is 453. The first kappa shape index (κ1) is 9.86. The highest BCUT2D eigenvalue weighted by Crippen LogP contribution is 2.23. The van der Waals surface area contributed by atoms with Crippen molar-refractivity contribution in [2.24, 2.45) is 0 Å². The lowest BCUT2D eigenvalue weighted by molar-refractivity contribution is 0.568. The van der Waals surface area contributed by atoms with Gasteiger partial charge in [-0.25, -0.2) is 9.37 Å². The molecule has 0 aliphatic carbocycles. The smallest absolute Gasteiger partial charge is 0.181 e. The number of nitrogens with one attached hydrogen (secondary N) is 1. The molecular formula is C11H11FN2O. The first-order valence-corrected chi connectivity index (χ1v) is 4.64. The molecular weight excluding hydrogens is 195 g/mol. The van der Waals surface area contributed by atoms with Crippen molar-refractivity contribution in [1.29, 1.82) is 0 Å². The molecule has 0 unspecified atom stereocenters. The quantitative estimate of drug-likeness (QED) is 0.836. The summed E-state index contributed by atoms with van der Waals surface area (Å²) in [5.74, 6) is 0.336. The molecule has 4 heteroatoms. The average Bonchev–Trinajstić information content (AvgIpc) is 2.66. The predicted octanol–water partition coefficient (Wildman–Crippen LogP) is 2.20. The summed E-state index contributed by atoms with van der Waals surface area (Å²) < 4.78 is 18.2. The third-order valence-corrected chi connectivity index (χ3v) is 2.07. The Morgan fingerprint density at radius 1 is 1.47 bits per heavy atom. The maximum Gasteiger partial charge on any atom is 0.181 e. The summed E-state index contributed by atoms with van der Waals surface area (Å²) in [5, 5.41) is 2.98. The van der Waals surface area contributed by atoms with Crippen molar-refractivity contribution in [1.82, 2.24) is 10.3 Å². The third-order valence-electron chi connectivity index (χ3n) is 2.07. The van der Waals surface area contributed by atoms with Crippen LogP contribution in [0, 0.1) is 5.82 Å². The van der Waals surface area contributed by atoms with Gasteiger partial charge in [0, 0.05) is 12.1 Å². The Kier molecular flexibility index (Phi) is 2.78. The molecule has 0 saturated heterocycles. The molecule has 1 N–H and O–H groups in total. The standard InChI is InChI=1S/C11H11FN2O/c1-13-6-10-11(15-7-14-10)8-3-2-4-9(12)5-8/h2-5,7,13H,6H2,1H3. The van der Waals surface area contributed by atoms with Gasteiger partial charge >= 0.3 is 0 Å². The Morgan fingerprint density at radius 2 is 2.33 bits per heavy atom. The van der Waals surface area contributed by atoms with Gasteiger partial charge in [-0.1, -0.05) is 12.1 Å². The molecule has 0 saturated carbocycles. The van der Waals surface area contributed by atoms with Crippen LogP contribution in [0.3, 0.4) is 0 Å². The minimum absolute atomic E-state index is 0.278. The normalized spacial score (nSPS) is 10.5. The summed E-state index contributed by atoms with van der Waals surface area (Å²) in [6.07, 6.45) is 1.37. The monoisotopic (exact) mass is 206 g/mol. The Labute approximate surface area is 86.9 Å². The van der Waals surface area contributed by atoms with Crippen LogP contribution in [-0.4, -0.2) is 12.0 Å². The van der Waals surface area contributed by atoms with Crippen molar-refractivity contribution in [2.75, 3.05) is 7.05 Å². The van der Waals surface area contributed by atoms with E-state index in [0.29, 0.717) is 17.9 Å². The van der Waals surface area contributed by atoms with E-state index >= 15 is 0 Å². The van der Waals surface area contributed by atoms with E-state index in [4.69, 9.17) is 4.42 Å². The average molecular weight is 206 g/mol. The fraction of sp³-hybridized carbons (Fsp3) is 0.182. The van der Waals surface area contributed by atoms with Crippen LogP contribution in [0.2, 0.25) is 0 Å². The van der Waals surface area contributed by atoms with Gasteiger partial charge in [-0.2, -0.15) is 0 Å². The first-order valence-electron chi connectivity index (χ1n) is 4.64. The lowest BCUT2D eigenvalue weighted by Crippen LogP contribution is -2.06. The van der Waals surface area contributed by atoms with Gasteiger partial charge in [0.25, 0.3) is 0 Å². The Hall–Kier alpha value is -1.68. The summed E-state index contributed by atoms with van der Waals surface area (Å²) in [4.78, 5) is 4.06. The largest absolute Gasteiger partial charge is 0.443 e. The van der Waals surface area contributed by atoms with E-state index in [1.54, 1.807) is 12.1 Å². The van der Waals surface area contributed by atoms with Crippen molar-refractivity contribution >= 4 is 0 Å². The number of aromatic nitrogens is 1. The van der Waals surface area contributed by atoms with Gasteiger partial charge in [0.15, 0.2) is 12.2 Å². The van der Waals surface area contributed by atoms with Crippen LogP contribution < -0.4 is 5.32 Å². The van der Waals surface area contributed by atoms with Crippen molar-refractivity contribution in [3.63, 3.8) is 0 Å². The molecule has 0 bridgehead atoms. The number of hydrogen-bond donors (Lipinski definition) is 1. The molecule has 0 spiro atoms. The third kappa shape index (κ3) is 2.05. The zero-order valence-corrected chi connectivity index (χ0v) is 8.33. The highest BCUT2D eigenvalue weighted by molar-refractivity contribution is 5.59. The van der Waals surface area contributed by atoms with Crippen LogP contribution in [0.4, 0.5) is 4.39 Å². The second-order valence-corrected chi connectivity index (χ2v) is 3.17. The summed E-state index contributed by atoms with van der Waals surface area (Å²) in [7, 11) is 1.82. The van der Waals surface area contributed by atoms with Crippen molar-refractivity contribution in [3.8, 4) is 11.3 Å². The number of hydrogen-bond acceptors (Lipinski definition) is 3. The van der Waals surface area contributed by atoms with E-state index in [-0.39, 0.29) is 5.82 Å². The highest BCUT2D eigenvalue weighted by atomic mass is 19.1. The molecule has 15 heavy (non-hydrogen) atoms. The summed E-state index contributed by atoms with van der Waals surface area (Å²) in [6, 6.07) is 6.27. The van der Waals surface area contributed by atoms with E-state index in [1.807, 2.05) is 7.05 Å². The molecule has 78 valence electrons. The van der Waals surface area contributed by atoms with Gasteiger partial charge in [-0.15, -0.1) is 0 Å². The van der Waals surface area contributed by atoms with Crippen LogP contribution in [0.5, 0.6) is 0 Å². The van der Waals surface area contributed by atoms with Crippen LogP contribution in [0.1, 0.15) is 5.69 Å². The molecule has 1 heterocycles. The van der Waals surface area contributed by atoms with E-state index in [9.17, 15) is 4.39 Å². The molecule has 2 rings (SSSR count). The number of rotatable bonds is 3. The van der Waals surface area contributed by atoms with E-state index < -0.39 is 0 Å². The van der Waals surface area contributed by atoms with Gasteiger partial charge in [0.2, 0.25) is 0 Å². The SMILES string of the molecule is CNCc1ncoc1-c1cccc(F)c1. The fourth-order valence-electron chi connectivity index (χ4n) is 1.43. The Morgan fingerprint density at radius 3 is 3.07 bits per heavy atom. The van der Waals surface area contributed by atoms with Crippen molar-refractivity contribution in [2.45, 2.75) is 6.54 Å². The molecule has 0 amide bonds. The maximum absolute atomic E-state index is 13.0. The number of halogens is 1. The number of nitrogens with zero attached hydrogens (tertiary/aromatic N) is 1. The highest BCUT2D eigenvalue weighted by Gasteiger charge is 2.10. The van der Waals surface area contributed by atoms with E-state index in [0.717, 1.165) is 5.69 Å². The van der Waals surface area contributed by atoms with Gasteiger partial charge in [0.05, 0.1) is 0 Å². The molecule has 3 nitrogen and oxygen atoms in total. The van der Waals surface area contributed by atoms with Gasteiger partial charge < -0.3 is 9.73 Å². The topological polar surface area (TPSA) is 38.1 Å². The number of benzene rings is 1. The van der Waals surface area contributed by atoms with E-state index in [2.05, 4.69) is 10.3 Å². The van der Waals surface area contributed by atoms with E-state index in [1.165, 1.54) is 18.5 Å². The van der Waals surface area contributed by atoms with Crippen LogP contribution in [0.25, 0.3) is 11.3 Å². The van der Waals surface area contributed by atoms with Gasteiger partial charge in [-0.3, -0.25) is 0 Å². The molecule has 1 aromatic carbocycles. The van der Waals surface area contributed by atoms with Crippen molar-refractivity contribution in [3.05, 3.63) is 42.2 Å². The van der Waals surface area contributed by atoms with Crippen LogP contribution in [0.15, 0.2) is 35.1 Å². The Balaban J connectivity index is 2.40. The molecule has 1 aromatic heterocycles. The molecule has 0 radical (unpaired) electrons. The first-order chi connectivity index (χ1) is 7.31. The lowest BCUT2D eigenvalue weighted by atomic mass is 10.1. The number of oxazole rings is 1. The maximum atomic E-state index is 13.0. The van der Waals surface area contributed by atoms with Gasteiger partial charge in [0.1, 0.15) is 11.5 Å². The predicted molar refractivity (Wildman–Crippen MR) is 54.7 cm³/mol. The summed E-state index contributed by atoms with van der Waals surface area (Å²) in [6.45, 7) is 0.600. The molecule has 0 fully saturated rings. The molecule has 0 aliphatic heterocycles. The summed E-state index contributed by atoms with van der Waals surface area (Å²) in [5.41, 5.74) is 1.49. The second-order valence-electron chi connectivity index (χ2n) is 3.17. The molecule has 0 atom stereocenters. The minimum Gasteiger partial charge on any atom is -0.443 e. The molecule has 0 aliphatic rings. The lowest BCUT2D eigenvalue weighted by Gasteiger charge is -2.00. The van der Waals surface area contributed by atoms with Crippen LogP contribution >= 0.6 is 0 Å². The summed E-state index contributed by atoms with van der Waals surface area (Å²) >= 11 is 0. The van der Waals surface area contributed by atoms with Crippen LogP contribution in [-0.2, 0) is 6.54 Å². The molecule has 2 aromatic rings. The zero-order chi connectivity index (χ0) is 10.7. The second kappa shape index (κ2) is 4.23. The van der Waals surface area contributed by atoms with Crippen molar-refractivity contribution < 1.29 is 8.81 Å². The fourth-order valence-corrected chi connectivity index (χ4v) is 1.43. The van der Waals surface area contributed by atoms with Gasteiger partial charge in [-0.05, 0) is 19.2 Å². The zero-order valence-electron chi connectivity index (χ0n) is 8.33.